The van der Waals surface area contributed by atoms with E-state index in [0.717, 1.165) is 6.07 Å². The third-order valence-corrected chi connectivity index (χ3v) is 3.52. The van der Waals surface area contributed by atoms with Gasteiger partial charge < -0.3 is 14.4 Å². The van der Waals surface area contributed by atoms with Crippen LogP contribution in [0.2, 0.25) is 0 Å². The summed E-state index contributed by atoms with van der Waals surface area (Å²) in [5.74, 6) is -1.11. The molecule has 0 radical (unpaired) electrons. The Morgan fingerprint density at radius 3 is 2.50 bits per heavy atom. The molecule has 24 heavy (non-hydrogen) atoms. The van der Waals surface area contributed by atoms with E-state index in [1.165, 1.54) is 12.1 Å². The van der Waals surface area contributed by atoms with Crippen LogP contribution in [0.3, 0.4) is 0 Å². The molecule has 0 bridgehead atoms. The molecule has 1 aliphatic heterocycles. The first-order valence-corrected chi connectivity index (χ1v) is 7.75. The van der Waals surface area contributed by atoms with Crippen molar-refractivity contribution in [1.29, 1.82) is 0 Å². The lowest BCUT2D eigenvalue weighted by Gasteiger charge is -2.33. The predicted molar refractivity (Wildman–Crippen MR) is 84.5 cm³/mol. The molecule has 8 heteroatoms. The molecule has 2 rings (SSSR count). The molecule has 1 aromatic carbocycles. The second kappa shape index (κ2) is 7.02. The van der Waals surface area contributed by atoms with Gasteiger partial charge in [0.05, 0.1) is 4.92 Å². The lowest BCUT2D eigenvalue weighted by atomic mass is 10.1. The quantitative estimate of drug-likeness (QED) is 0.621. The average molecular weight is 340 g/mol. The first-order valence-electron chi connectivity index (χ1n) is 7.75. The van der Waals surface area contributed by atoms with E-state index in [9.17, 15) is 19.3 Å². The summed E-state index contributed by atoms with van der Waals surface area (Å²) in [6, 6.07) is 3.60. The fourth-order valence-electron chi connectivity index (χ4n) is 2.41. The third-order valence-electron chi connectivity index (χ3n) is 3.52. The molecule has 1 saturated heterocycles. The van der Waals surface area contributed by atoms with Crippen LogP contribution in [-0.2, 0) is 4.74 Å². The Labute approximate surface area is 139 Å². The lowest BCUT2D eigenvalue weighted by Crippen LogP contribution is -2.44. The summed E-state index contributed by atoms with van der Waals surface area (Å²) in [5, 5.41) is 11.0. The molecule has 1 amide bonds. The number of carbonyl (C=O) groups is 1. The minimum absolute atomic E-state index is 0.349. The zero-order valence-corrected chi connectivity index (χ0v) is 14.0. The molecule has 0 N–H and O–H groups in total. The molecule has 0 saturated carbocycles. The van der Waals surface area contributed by atoms with Gasteiger partial charge in [-0.25, -0.2) is 9.18 Å². The van der Waals surface area contributed by atoms with Crippen molar-refractivity contribution in [2.24, 2.45) is 0 Å². The highest BCUT2D eigenvalue weighted by Crippen LogP contribution is 2.32. The Morgan fingerprint density at radius 1 is 1.33 bits per heavy atom. The third kappa shape index (κ3) is 4.56. The number of likely N-dealkylation sites (tertiary alicyclic amines) is 1. The van der Waals surface area contributed by atoms with E-state index >= 15 is 0 Å². The van der Waals surface area contributed by atoms with Gasteiger partial charge >= 0.3 is 11.8 Å². The number of halogens is 1. The first kappa shape index (κ1) is 18.0. The lowest BCUT2D eigenvalue weighted by molar-refractivity contribution is -0.386. The van der Waals surface area contributed by atoms with Gasteiger partial charge in [0, 0.05) is 32.0 Å². The highest BCUT2D eigenvalue weighted by Gasteiger charge is 2.29. The molecular formula is C16H21FN2O5. The molecule has 1 aliphatic rings. The van der Waals surface area contributed by atoms with E-state index in [0.29, 0.717) is 25.9 Å². The van der Waals surface area contributed by atoms with Crippen molar-refractivity contribution in [3.63, 3.8) is 0 Å². The van der Waals surface area contributed by atoms with E-state index in [4.69, 9.17) is 9.47 Å². The fraction of sp³-hybridized carbons (Fsp3) is 0.562. The second-order valence-electron chi connectivity index (χ2n) is 6.63. The van der Waals surface area contributed by atoms with Gasteiger partial charge in [0.15, 0.2) is 5.82 Å². The molecule has 0 unspecified atom stereocenters. The van der Waals surface area contributed by atoms with Gasteiger partial charge in [0.25, 0.3) is 0 Å². The minimum atomic E-state index is -0.765. The summed E-state index contributed by atoms with van der Waals surface area (Å²) in [4.78, 5) is 23.9. The maximum Gasteiger partial charge on any atom is 0.410 e. The van der Waals surface area contributed by atoms with Gasteiger partial charge in [0.2, 0.25) is 5.75 Å². The van der Waals surface area contributed by atoms with Crippen molar-refractivity contribution in [2.75, 3.05) is 13.1 Å². The number of piperidine rings is 1. The summed E-state index contributed by atoms with van der Waals surface area (Å²) < 4.78 is 24.7. The first-order chi connectivity index (χ1) is 11.2. The zero-order valence-electron chi connectivity index (χ0n) is 14.0. The summed E-state index contributed by atoms with van der Waals surface area (Å²) in [6.45, 7) is 6.15. The Balaban J connectivity index is 1.97. The van der Waals surface area contributed by atoms with E-state index < -0.39 is 28.1 Å². The molecule has 1 aromatic rings. The molecule has 0 aromatic heterocycles. The maximum atomic E-state index is 13.8. The normalized spacial score (nSPS) is 15.9. The summed E-state index contributed by atoms with van der Waals surface area (Å²) >= 11 is 0. The average Bonchev–Trinajstić information content (AvgIpc) is 2.48. The monoisotopic (exact) mass is 340 g/mol. The molecule has 7 nitrogen and oxygen atoms in total. The summed E-state index contributed by atoms with van der Waals surface area (Å²) in [7, 11) is 0. The van der Waals surface area contributed by atoms with Crippen molar-refractivity contribution < 1.29 is 23.6 Å². The number of hydrogen-bond acceptors (Lipinski definition) is 5. The Hall–Kier alpha value is -2.38. The van der Waals surface area contributed by atoms with Crippen LogP contribution in [-0.4, -0.2) is 40.7 Å². The number of carbonyl (C=O) groups excluding carboxylic acids is 1. The van der Waals surface area contributed by atoms with Crippen LogP contribution >= 0.6 is 0 Å². The Kier molecular flexibility index (Phi) is 5.26. The van der Waals surface area contributed by atoms with Crippen LogP contribution in [0.5, 0.6) is 5.75 Å². The maximum absolute atomic E-state index is 13.8. The molecule has 1 fully saturated rings. The number of nitro benzene ring substituents is 1. The smallest absolute Gasteiger partial charge is 0.410 e. The number of nitro groups is 1. The van der Waals surface area contributed by atoms with E-state index in [2.05, 4.69) is 0 Å². The highest BCUT2D eigenvalue weighted by molar-refractivity contribution is 5.68. The van der Waals surface area contributed by atoms with E-state index in [1.807, 2.05) is 0 Å². The molecule has 0 aliphatic carbocycles. The fourth-order valence-corrected chi connectivity index (χ4v) is 2.41. The number of nitrogens with zero attached hydrogens (tertiary/aromatic N) is 2. The number of rotatable bonds is 3. The van der Waals surface area contributed by atoms with Gasteiger partial charge in [-0.15, -0.1) is 0 Å². The molecule has 0 atom stereocenters. The topological polar surface area (TPSA) is 81.9 Å². The van der Waals surface area contributed by atoms with Crippen LogP contribution in [0.15, 0.2) is 18.2 Å². The number of hydrogen-bond donors (Lipinski definition) is 0. The minimum Gasteiger partial charge on any atom is -0.481 e. The Morgan fingerprint density at radius 2 is 1.96 bits per heavy atom. The zero-order chi connectivity index (χ0) is 17.9. The molecule has 132 valence electrons. The number of benzene rings is 1. The van der Waals surface area contributed by atoms with Crippen molar-refractivity contribution in [3.8, 4) is 5.75 Å². The SMILES string of the molecule is CC(C)(C)OC(=O)N1CCC(Oc2c(F)cccc2[N+](=O)[O-])CC1. The van der Waals surface area contributed by atoms with Gasteiger partial charge in [-0.3, -0.25) is 10.1 Å². The van der Waals surface area contributed by atoms with E-state index in [-0.39, 0.29) is 11.9 Å². The molecule has 1 heterocycles. The van der Waals surface area contributed by atoms with Gasteiger partial charge in [0.1, 0.15) is 11.7 Å². The Bertz CT molecular complexity index is 621. The largest absolute Gasteiger partial charge is 0.481 e. The molecule has 0 spiro atoms. The van der Waals surface area contributed by atoms with Crippen molar-refractivity contribution in [2.45, 2.75) is 45.3 Å². The summed E-state index contributed by atoms with van der Waals surface area (Å²) in [5.41, 5.74) is -0.970. The number of amides is 1. The van der Waals surface area contributed by atoms with E-state index in [1.54, 1.807) is 25.7 Å². The van der Waals surface area contributed by atoms with Crippen LogP contribution in [0.25, 0.3) is 0 Å². The number of para-hydroxylation sites is 1. The predicted octanol–water partition coefficient (Wildman–Crippen LogP) is 3.51. The van der Waals surface area contributed by atoms with Crippen LogP contribution in [0.1, 0.15) is 33.6 Å². The summed E-state index contributed by atoms with van der Waals surface area (Å²) in [6.07, 6.45) is 0.104. The van der Waals surface area contributed by atoms with Gasteiger partial charge in [-0.1, -0.05) is 6.07 Å². The van der Waals surface area contributed by atoms with Gasteiger partial charge in [-0.05, 0) is 26.8 Å². The van der Waals surface area contributed by atoms with Crippen molar-refractivity contribution in [1.82, 2.24) is 4.90 Å². The highest BCUT2D eigenvalue weighted by atomic mass is 19.1. The standard InChI is InChI=1S/C16H21FN2O5/c1-16(2,3)24-15(20)18-9-7-11(8-10-18)23-14-12(17)5-4-6-13(14)19(21)22/h4-6,11H,7-10H2,1-3H3. The number of ether oxygens (including phenoxy) is 2. The molecular weight excluding hydrogens is 319 g/mol. The van der Waals surface area contributed by atoms with Crippen LogP contribution < -0.4 is 4.74 Å². The van der Waals surface area contributed by atoms with Crippen LogP contribution in [0, 0.1) is 15.9 Å². The van der Waals surface area contributed by atoms with Crippen LogP contribution in [0.4, 0.5) is 14.9 Å². The second-order valence-corrected chi connectivity index (χ2v) is 6.63. The van der Waals surface area contributed by atoms with Gasteiger partial charge in [-0.2, -0.15) is 0 Å². The van der Waals surface area contributed by atoms with Crippen molar-refractivity contribution >= 4 is 11.8 Å². The van der Waals surface area contributed by atoms with Crippen molar-refractivity contribution in [3.05, 3.63) is 34.1 Å².